The third-order valence-electron chi connectivity index (χ3n) is 2.58. The molecular formula is C11H14ClN3O4S. The van der Waals surface area contributed by atoms with Crippen molar-refractivity contribution in [3.05, 3.63) is 23.2 Å². The van der Waals surface area contributed by atoms with Gasteiger partial charge in [-0.05, 0) is 25.1 Å². The van der Waals surface area contributed by atoms with Gasteiger partial charge in [-0.1, -0.05) is 11.6 Å². The van der Waals surface area contributed by atoms with Crippen LogP contribution in [0.4, 0.5) is 10.5 Å². The third kappa shape index (κ3) is 3.40. The van der Waals surface area contributed by atoms with Crippen LogP contribution in [0.3, 0.4) is 0 Å². The molecule has 1 aromatic carbocycles. The third-order valence-corrected chi connectivity index (χ3v) is 4.94. The van der Waals surface area contributed by atoms with E-state index in [0.29, 0.717) is 0 Å². The summed E-state index contributed by atoms with van der Waals surface area (Å²) in [6, 6.07) is 3.06. The van der Waals surface area contributed by atoms with E-state index in [1.165, 1.54) is 32.2 Å². The standard InChI is InChI=1S/C11H14ClN3O4S/c1-6(10(16)15-11(17)14-2)20(18,19)9-4-3-7(12)5-8(9)13/h3-6H,13H2,1-2H3,(H2,14,15,16,17). The summed E-state index contributed by atoms with van der Waals surface area (Å²) in [6.45, 7) is 1.17. The Balaban J connectivity index is 3.10. The summed E-state index contributed by atoms with van der Waals surface area (Å²) in [5, 5.41) is 2.87. The van der Waals surface area contributed by atoms with E-state index in [1.54, 1.807) is 0 Å². The van der Waals surface area contributed by atoms with Crippen molar-refractivity contribution in [2.45, 2.75) is 17.1 Å². The van der Waals surface area contributed by atoms with E-state index in [0.717, 1.165) is 0 Å². The number of hydrogen-bond donors (Lipinski definition) is 3. The van der Waals surface area contributed by atoms with Crippen molar-refractivity contribution < 1.29 is 18.0 Å². The summed E-state index contributed by atoms with van der Waals surface area (Å²) < 4.78 is 24.5. The first-order valence-electron chi connectivity index (χ1n) is 5.51. The minimum atomic E-state index is -4.02. The van der Waals surface area contributed by atoms with E-state index in [-0.39, 0.29) is 15.6 Å². The van der Waals surface area contributed by atoms with Gasteiger partial charge in [0.25, 0.3) is 0 Å². The SMILES string of the molecule is CNC(=O)NC(=O)C(C)S(=O)(=O)c1ccc(Cl)cc1N. The van der Waals surface area contributed by atoms with Crippen molar-refractivity contribution in [3.63, 3.8) is 0 Å². The van der Waals surface area contributed by atoms with E-state index in [9.17, 15) is 18.0 Å². The van der Waals surface area contributed by atoms with Crippen molar-refractivity contribution >= 4 is 39.1 Å². The first kappa shape index (κ1) is 16.3. The lowest BCUT2D eigenvalue weighted by molar-refractivity contribution is -0.119. The second-order valence-electron chi connectivity index (χ2n) is 3.94. The van der Waals surface area contributed by atoms with Crippen LogP contribution in [0, 0.1) is 0 Å². The largest absolute Gasteiger partial charge is 0.398 e. The van der Waals surface area contributed by atoms with Gasteiger partial charge in [-0.2, -0.15) is 0 Å². The molecule has 0 bridgehead atoms. The average molecular weight is 320 g/mol. The minimum Gasteiger partial charge on any atom is -0.398 e. The average Bonchev–Trinajstić information content (AvgIpc) is 2.36. The molecule has 0 radical (unpaired) electrons. The van der Waals surface area contributed by atoms with Crippen molar-refractivity contribution in [2.75, 3.05) is 12.8 Å². The quantitative estimate of drug-likeness (QED) is 0.703. The maximum absolute atomic E-state index is 12.3. The number of nitrogens with two attached hydrogens (primary N) is 1. The predicted octanol–water partition coefficient (Wildman–Crippen LogP) is 0.540. The highest BCUT2D eigenvalue weighted by atomic mass is 35.5. The Morgan fingerprint density at radius 1 is 1.35 bits per heavy atom. The van der Waals surface area contributed by atoms with Gasteiger partial charge < -0.3 is 11.1 Å². The number of carbonyl (C=O) groups excluding carboxylic acids is 2. The van der Waals surface area contributed by atoms with E-state index < -0.39 is 27.0 Å². The predicted molar refractivity (Wildman–Crippen MR) is 75.1 cm³/mol. The summed E-state index contributed by atoms with van der Waals surface area (Å²) in [7, 11) is -2.71. The molecule has 0 heterocycles. The Morgan fingerprint density at radius 2 is 1.95 bits per heavy atom. The Labute approximate surface area is 121 Å². The fraction of sp³-hybridized carbons (Fsp3) is 0.273. The first-order valence-corrected chi connectivity index (χ1v) is 7.44. The number of amides is 3. The highest BCUT2D eigenvalue weighted by Gasteiger charge is 2.32. The summed E-state index contributed by atoms with van der Waals surface area (Å²) in [5.74, 6) is -0.946. The molecule has 110 valence electrons. The number of carbonyl (C=O) groups is 2. The molecule has 4 N–H and O–H groups in total. The molecule has 0 saturated heterocycles. The van der Waals surface area contributed by atoms with Crippen molar-refractivity contribution in [1.82, 2.24) is 10.6 Å². The molecule has 1 unspecified atom stereocenters. The smallest absolute Gasteiger partial charge is 0.321 e. The molecular weight excluding hydrogens is 306 g/mol. The Kier molecular flexibility index (Phi) is 4.96. The number of benzene rings is 1. The second kappa shape index (κ2) is 6.10. The zero-order valence-electron chi connectivity index (χ0n) is 10.8. The van der Waals surface area contributed by atoms with E-state index in [2.05, 4.69) is 5.32 Å². The van der Waals surface area contributed by atoms with Crippen LogP contribution in [-0.2, 0) is 14.6 Å². The number of halogens is 1. The summed E-state index contributed by atoms with van der Waals surface area (Å²) >= 11 is 5.69. The fourth-order valence-electron chi connectivity index (χ4n) is 1.39. The molecule has 0 aliphatic rings. The van der Waals surface area contributed by atoms with Crippen LogP contribution >= 0.6 is 11.6 Å². The Morgan fingerprint density at radius 3 is 2.45 bits per heavy atom. The zero-order valence-corrected chi connectivity index (χ0v) is 12.4. The summed E-state index contributed by atoms with van der Waals surface area (Å²) in [5.41, 5.74) is 5.54. The molecule has 0 fully saturated rings. The van der Waals surface area contributed by atoms with Gasteiger partial charge in [-0.3, -0.25) is 10.1 Å². The Bertz CT molecular complexity index is 645. The lowest BCUT2D eigenvalue weighted by Gasteiger charge is -2.14. The van der Waals surface area contributed by atoms with Gasteiger partial charge in [0, 0.05) is 12.1 Å². The van der Waals surface area contributed by atoms with Crippen LogP contribution < -0.4 is 16.4 Å². The monoisotopic (exact) mass is 319 g/mol. The van der Waals surface area contributed by atoms with Gasteiger partial charge in [0.2, 0.25) is 5.91 Å². The van der Waals surface area contributed by atoms with Crippen LogP contribution in [0.25, 0.3) is 0 Å². The van der Waals surface area contributed by atoms with E-state index in [4.69, 9.17) is 17.3 Å². The number of rotatable bonds is 3. The number of urea groups is 1. The summed E-state index contributed by atoms with van der Waals surface area (Å²) in [4.78, 5) is 22.5. The van der Waals surface area contributed by atoms with Crippen LogP contribution in [0.5, 0.6) is 0 Å². The van der Waals surface area contributed by atoms with Crippen molar-refractivity contribution in [2.24, 2.45) is 0 Å². The molecule has 9 heteroatoms. The summed E-state index contributed by atoms with van der Waals surface area (Å²) in [6.07, 6.45) is 0. The minimum absolute atomic E-state index is 0.0582. The molecule has 0 aliphatic heterocycles. The molecule has 0 spiro atoms. The van der Waals surface area contributed by atoms with Crippen molar-refractivity contribution in [3.8, 4) is 0 Å². The lowest BCUT2D eigenvalue weighted by atomic mass is 10.3. The van der Waals surface area contributed by atoms with Gasteiger partial charge in [-0.15, -0.1) is 0 Å². The molecule has 20 heavy (non-hydrogen) atoms. The van der Waals surface area contributed by atoms with Gasteiger partial charge >= 0.3 is 6.03 Å². The van der Waals surface area contributed by atoms with Crippen LogP contribution in [0.2, 0.25) is 5.02 Å². The number of anilines is 1. The lowest BCUT2D eigenvalue weighted by Crippen LogP contribution is -2.44. The number of sulfone groups is 1. The number of imide groups is 1. The fourth-order valence-corrected chi connectivity index (χ4v) is 2.93. The topological polar surface area (TPSA) is 118 Å². The zero-order chi connectivity index (χ0) is 15.5. The molecule has 7 nitrogen and oxygen atoms in total. The van der Waals surface area contributed by atoms with Crippen molar-refractivity contribution in [1.29, 1.82) is 0 Å². The molecule has 1 rings (SSSR count). The van der Waals surface area contributed by atoms with Gasteiger partial charge in [-0.25, -0.2) is 13.2 Å². The number of hydrogen-bond acceptors (Lipinski definition) is 5. The number of nitrogen functional groups attached to an aromatic ring is 1. The highest BCUT2D eigenvalue weighted by Crippen LogP contribution is 2.25. The maximum atomic E-state index is 12.3. The second-order valence-corrected chi connectivity index (χ2v) is 6.61. The maximum Gasteiger partial charge on any atom is 0.321 e. The van der Waals surface area contributed by atoms with Crippen LogP contribution in [-0.4, -0.2) is 32.7 Å². The van der Waals surface area contributed by atoms with Gasteiger partial charge in [0.1, 0.15) is 5.25 Å². The van der Waals surface area contributed by atoms with Gasteiger partial charge in [0.15, 0.2) is 9.84 Å². The molecule has 0 aromatic heterocycles. The molecule has 1 aromatic rings. The van der Waals surface area contributed by atoms with Crippen LogP contribution in [0.15, 0.2) is 23.1 Å². The highest BCUT2D eigenvalue weighted by molar-refractivity contribution is 7.93. The molecule has 1 atom stereocenters. The van der Waals surface area contributed by atoms with E-state index in [1.807, 2.05) is 5.32 Å². The molecule has 0 saturated carbocycles. The Hall–Kier alpha value is -1.80. The number of nitrogens with one attached hydrogen (secondary N) is 2. The molecule has 0 aliphatic carbocycles. The molecule has 3 amide bonds. The van der Waals surface area contributed by atoms with Crippen LogP contribution in [0.1, 0.15) is 6.92 Å². The first-order chi connectivity index (χ1) is 9.20. The normalized spacial score (nSPS) is 12.6. The van der Waals surface area contributed by atoms with Gasteiger partial charge in [0.05, 0.1) is 10.6 Å². The van der Waals surface area contributed by atoms with E-state index >= 15 is 0 Å².